The fraction of sp³-hybridized carbons (Fsp3) is 0.690. The Labute approximate surface area is 193 Å². The van der Waals surface area contributed by atoms with Gasteiger partial charge >= 0.3 is 0 Å². The van der Waals surface area contributed by atoms with Gasteiger partial charge in [-0.15, -0.1) is 0 Å². The first-order valence-corrected chi connectivity index (χ1v) is 13.4. The van der Waals surface area contributed by atoms with Gasteiger partial charge in [0.1, 0.15) is 0 Å². The van der Waals surface area contributed by atoms with E-state index in [1.165, 1.54) is 101 Å². The van der Waals surface area contributed by atoms with Crippen LogP contribution in [0.25, 0.3) is 0 Å². The molecule has 1 aliphatic heterocycles. The lowest BCUT2D eigenvalue weighted by molar-refractivity contribution is 0.501. The summed E-state index contributed by atoms with van der Waals surface area (Å²) in [5.74, 6) is 0.479. The Morgan fingerprint density at radius 3 is 1.94 bits per heavy atom. The van der Waals surface area contributed by atoms with Crippen molar-refractivity contribution < 1.29 is 0 Å². The molecule has 0 saturated heterocycles. The predicted octanol–water partition coefficient (Wildman–Crippen LogP) is 8.89. The topological polar surface area (TPSA) is 15.6 Å². The van der Waals surface area contributed by atoms with E-state index in [0.29, 0.717) is 5.92 Å². The molecule has 174 valence electrons. The zero-order chi connectivity index (χ0) is 22.0. The number of aliphatic imine (C=N–C) groups is 1. The van der Waals surface area contributed by atoms with Crippen LogP contribution < -0.4 is 0 Å². The van der Waals surface area contributed by atoms with Crippen molar-refractivity contribution in [1.82, 2.24) is 4.90 Å². The summed E-state index contributed by atoms with van der Waals surface area (Å²) in [6.45, 7) is 6.57. The molecule has 0 saturated carbocycles. The SMILES string of the molecule is CCCCCCCCCCCCCCCC=C(C(CC)c1ccccc1)N1C=NCC1. The van der Waals surface area contributed by atoms with Gasteiger partial charge in [0.15, 0.2) is 0 Å². The van der Waals surface area contributed by atoms with E-state index in [9.17, 15) is 0 Å². The molecule has 31 heavy (non-hydrogen) atoms. The highest BCUT2D eigenvalue weighted by Crippen LogP contribution is 2.31. The van der Waals surface area contributed by atoms with Crippen molar-refractivity contribution in [2.75, 3.05) is 13.1 Å². The van der Waals surface area contributed by atoms with E-state index in [1.54, 1.807) is 0 Å². The third-order valence-corrected chi connectivity index (χ3v) is 6.65. The molecule has 0 aliphatic carbocycles. The maximum Gasteiger partial charge on any atom is 0.0893 e. The van der Waals surface area contributed by atoms with Crippen LogP contribution in [0, 0.1) is 0 Å². The van der Waals surface area contributed by atoms with Crippen molar-refractivity contribution in [1.29, 1.82) is 0 Å². The molecule has 0 aromatic heterocycles. The van der Waals surface area contributed by atoms with E-state index in [-0.39, 0.29) is 0 Å². The van der Waals surface area contributed by atoms with Gasteiger partial charge in [0.25, 0.3) is 0 Å². The first-order chi connectivity index (χ1) is 15.4. The van der Waals surface area contributed by atoms with E-state index >= 15 is 0 Å². The molecular weight excluding hydrogens is 376 g/mol. The molecule has 0 radical (unpaired) electrons. The van der Waals surface area contributed by atoms with Gasteiger partial charge in [0.2, 0.25) is 0 Å². The average Bonchev–Trinajstić information content (AvgIpc) is 3.34. The second-order valence-electron chi connectivity index (χ2n) is 9.25. The highest BCUT2D eigenvalue weighted by Gasteiger charge is 2.20. The molecule has 0 fully saturated rings. The molecule has 1 aromatic carbocycles. The maximum absolute atomic E-state index is 4.47. The van der Waals surface area contributed by atoms with Gasteiger partial charge in [-0.3, -0.25) is 4.99 Å². The lowest BCUT2D eigenvalue weighted by atomic mass is 9.91. The zero-order valence-corrected chi connectivity index (χ0v) is 20.5. The summed E-state index contributed by atoms with van der Waals surface area (Å²) in [6, 6.07) is 11.0. The van der Waals surface area contributed by atoms with Gasteiger partial charge in [-0.25, -0.2) is 0 Å². The molecule has 1 unspecified atom stereocenters. The van der Waals surface area contributed by atoms with Crippen LogP contribution in [0.5, 0.6) is 0 Å². The first kappa shape index (κ1) is 25.7. The molecular formula is C29H48N2. The number of hydrogen-bond donors (Lipinski definition) is 0. The van der Waals surface area contributed by atoms with Crippen LogP contribution in [0.2, 0.25) is 0 Å². The summed E-state index contributed by atoms with van der Waals surface area (Å²) < 4.78 is 0. The van der Waals surface area contributed by atoms with Gasteiger partial charge < -0.3 is 4.90 Å². The van der Waals surface area contributed by atoms with E-state index < -0.39 is 0 Å². The summed E-state index contributed by atoms with van der Waals surface area (Å²) in [5.41, 5.74) is 2.90. The predicted molar refractivity (Wildman–Crippen MR) is 138 cm³/mol. The van der Waals surface area contributed by atoms with E-state index in [0.717, 1.165) is 19.5 Å². The molecule has 0 amide bonds. The maximum atomic E-state index is 4.47. The average molecular weight is 425 g/mol. The van der Waals surface area contributed by atoms with E-state index in [4.69, 9.17) is 0 Å². The highest BCUT2D eigenvalue weighted by molar-refractivity contribution is 5.61. The minimum atomic E-state index is 0.479. The van der Waals surface area contributed by atoms with Crippen molar-refractivity contribution in [3.05, 3.63) is 47.7 Å². The van der Waals surface area contributed by atoms with E-state index in [1.807, 2.05) is 0 Å². The van der Waals surface area contributed by atoms with Gasteiger partial charge in [-0.2, -0.15) is 0 Å². The molecule has 2 nitrogen and oxygen atoms in total. The van der Waals surface area contributed by atoms with Crippen molar-refractivity contribution in [2.24, 2.45) is 4.99 Å². The second-order valence-corrected chi connectivity index (χ2v) is 9.25. The van der Waals surface area contributed by atoms with Gasteiger partial charge in [-0.1, -0.05) is 127 Å². The Balaban J connectivity index is 1.63. The number of allylic oxidation sites excluding steroid dienone is 2. The largest absolute Gasteiger partial charge is 0.334 e. The molecule has 0 bridgehead atoms. The zero-order valence-electron chi connectivity index (χ0n) is 20.5. The fourth-order valence-corrected chi connectivity index (χ4v) is 4.75. The van der Waals surface area contributed by atoms with Gasteiger partial charge in [-0.05, 0) is 24.8 Å². The molecule has 1 aliphatic rings. The molecule has 1 aromatic rings. The fourth-order valence-electron chi connectivity index (χ4n) is 4.75. The Morgan fingerprint density at radius 1 is 0.839 bits per heavy atom. The molecule has 2 rings (SSSR count). The third-order valence-electron chi connectivity index (χ3n) is 6.65. The number of hydrogen-bond acceptors (Lipinski definition) is 2. The molecule has 1 atom stereocenters. The standard InChI is InChI=1S/C29H48N2/c1-3-5-6-7-8-9-10-11-12-13-14-15-16-20-23-29(31-25-24-30-26-31)28(4-2)27-21-18-17-19-22-27/h17-19,21-23,26,28H,3-16,20,24-25H2,1-2H3. The molecule has 2 heteroatoms. The highest BCUT2D eigenvalue weighted by atomic mass is 15.2. The summed E-state index contributed by atoms with van der Waals surface area (Å²) in [4.78, 5) is 6.87. The van der Waals surface area contributed by atoms with Crippen LogP contribution in [-0.4, -0.2) is 24.3 Å². The summed E-state index contributed by atoms with van der Waals surface area (Å²) in [7, 11) is 0. The van der Waals surface area contributed by atoms with Crippen LogP contribution in [0.3, 0.4) is 0 Å². The molecule has 0 N–H and O–H groups in total. The molecule has 1 heterocycles. The number of rotatable bonds is 18. The lowest BCUT2D eigenvalue weighted by Gasteiger charge is -2.27. The van der Waals surface area contributed by atoms with Crippen LogP contribution in [0.1, 0.15) is 122 Å². The van der Waals surface area contributed by atoms with Crippen LogP contribution in [-0.2, 0) is 0 Å². The van der Waals surface area contributed by atoms with Gasteiger partial charge in [0.05, 0.1) is 12.9 Å². The Bertz CT molecular complexity index is 604. The summed E-state index contributed by atoms with van der Waals surface area (Å²) in [6.07, 6.45) is 25.3. The second kappa shape index (κ2) is 17.0. The quantitative estimate of drug-likeness (QED) is 0.215. The Morgan fingerprint density at radius 2 is 1.42 bits per heavy atom. The normalized spacial score (nSPS) is 15.0. The van der Waals surface area contributed by atoms with Gasteiger partial charge in [0, 0.05) is 18.2 Å². The Hall–Kier alpha value is -1.57. The Kier molecular flexibility index (Phi) is 14.1. The minimum absolute atomic E-state index is 0.479. The lowest BCUT2D eigenvalue weighted by Crippen LogP contribution is -2.23. The number of nitrogens with zero attached hydrogens (tertiary/aromatic N) is 2. The summed E-state index contributed by atoms with van der Waals surface area (Å²) >= 11 is 0. The number of unbranched alkanes of at least 4 members (excludes halogenated alkanes) is 13. The van der Waals surface area contributed by atoms with E-state index in [2.05, 4.69) is 66.5 Å². The third kappa shape index (κ3) is 10.5. The summed E-state index contributed by atoms with van der Waals surface area (Å²) in [5, 5.41) is 0. The van der Waals surface area contributed by atoms with Crippen molar-refractivity contribution in [2.45, 2.75) is 116 Å². The first-order valence-electron chi connectivity index (χ1n) is 13.4. The molecule has 0 spiro atoms. The smallest absolute Gasteiger partial charge is 0.0893 e. The van der Waals surface area contributed by atoms with Crippen LogP contribution in [0.15, 0.2) is 47.1 Å². The van der Waals surface area contributed by atoms with Crippen LogP contribution >= 0.6 is 0 Å². The van der Waals surface area contributed by atoms with Crippen LogP contribution in [0.4, 0.5) is 0 Å². The van der Waals surface area contributed by atoms with Crippen molar-refractivity contribution in [3.8, 4) is 0 Å². The number of benzene rings is 1. The van der Waals surface area contributed by atoms with Crippen molar-refractivity contribution >= 4 is 6.34 Å². The monoisotopic (exact) mass is 424 g/mol. The minimum Gasteiger partial charge on any atom is -0.334 e. The van der Waals surface area contributed by atoms with Crippen molar-refractivity contribution in [3.63, 3.8) is 0 Å².